The molecule has 1 N–H and O–H groups in total. The zero-order valence-corrected chi connectivity index (χ0v) is 19.3. The van der Waals surface area contributed by atoms with E-state index in [-0.39, 0.29) is 11.3 Å². The summed E-state index contributed by atoms with van der Waals surface area (Å²) in [6, 6.07) is 11.6. The SMILES string of the molecule is COc1cc(-c2ccc(-c3ccc(N4CC[C@@H](N(C)C(C)(C)C)C4)nn3)c(O)c2)cnn1. The molecule has 0 saturated carbocycles. The highest BCUT2D eigenvalue weighted by atomic mass is 16.5. The van der Waals surface area contributed by atoms with E-state index in [1.54, 1.807) is 25.4 Å². The van der Waals surface area contributed by atoms with Crippen LogP contribution in [0.2, 0.25) is 0 Å². The van der Waals surface area contributed by atoms with Gasteiger partial charge in [0, 0.05) is 41.9 Å². The number of hydrogen-bond acceptors (Lipinski definition) is 8. The van der Waals surface area contributed by atoms with Gasteiger partial charge in [0.1, 0.15) is 5.75 Å². The Morgan fingerprint density at radius 1 is 1.06 bits per heavy atom. The van der Waals surface area contributed by atoms with Gasteiger partial charge in [-0.25, -0.2) is 0 Å². The molecule has 0 aliphatic carbocycles. The fourth-order valence-corrected chi connectivity index (χ4v) is 3.98. The maximum Gasteiger partial charge on any atom is 0.233 e. The monoisotopic (exact) mass is 434 g/mol. The highest BCUT2D eigenvalue weighted by Crippen LogP contribution is 2.33. The lowest BCUT2D eigenvalue weighted by atomic mass is 10.0. The standard InChI is InChI=1S/C24H30N6O2/c1-24(2,3)29(4)18-10-11-30(15-18)22-9-8-20(26-27-22)19-7-6-16(12-21(19)31)17-13-23(32-5)28-25-14-17/h6-9,12-14,18,31H,10-11,15H2,1-5H3/t18-/m1/s1. The summed E-state index contributed by atoms with van der Waals surface area (Å²) in [4.78, 5) is 4.71. The quantitative estimate of drug-likeness (QED) is 0.651. The van der Waals surface area contributed by atoms with E-state index in [2.05, 4.69) is 58.0 Å². The fraction of sp³-hybridized carbons (Fsp3) is 0.417. The molecule has 1 fully saturated rings. The number of aromatic hydroxyl groups is 1. The minimum absolute atomic E-state index is 0.133. The van der Waals surface area contributed by atoms with Crippen LogP contribution in [-0.2, 0) is 0 Å². The minimum Gasteiger partial charge on any atom is -0.507 e. The minimum atomic E-state index is 0.133. The molecule has 0 unspecified atom stereocenters. The van der Waals surface area contributed by atoms with Gasteiger partial charge in [-0.05, 0) is 64.1 Å². The van der Waals surface area contributed by atoms with Crippen molar-refractivity contribution in [3.05, 3.63) is 42.6 Å². The van der Waals surface area contributed by atoms with Crippen LogP contribution in [0.3, 0.4) is 0 Å². The van der Waals surface area contributed by atoms with Gasteiger partial charge in [0.2, 0.25) is 5.88 Å². The molecule has 1 aliphatic heterocycles. The summed E-state index contributed by atoms with van der Waals surface area (Å²) in [6.07, 6.45) is 2.74. The Kier molecular flexibility index (Phi) is 5.97. The van der Waals surface area contributed by atoms with Gasteiger partial charge in [-0.15, -0.1) is 15.3 Å². The van der Waals surface area contributed by atoms with Crippen LogP contribution in [0.1, 0.15) is 27.2 Å². The molecule has 2 aromatic heterocycles. The van der Waals surface area contributed by atoms with Crippen molar-refractivity contribution in [2.24, 2.45) is 0 Å². The Morgan fingerprint density at radius 3 is 2.53 bits per heavy atom. The number of rotatable bonds is 5. The smallest absolute Gasteiger partial charge is 0.233 e. The van der Waals surface area contributed by atoms with Gasteiger partial charge in [0.05, 0.1) is 19.0 Å². The number of phenolic OH excluding ortho intramolecular Hbond substituents is 1. The molecule has 0 amide bonds. The van der Waals surface area contributed by atoms with Gasteiger partial charge in [0.15, 0.2) is 5.82 Å². The summed E-state index contributed by atoms with van der Waals surface area (Å²) in [5.41, 5.74) is 3.02. The van der Waals surface area contributed by atoms with Crippen LogP contribution in [0.5, 0.6) is 11.6 Å². The molecule has 0 radical (unpaired) electrons. The molecule has 1 aliphatic rings. The molecule has 0 spiro atoms. The Morgan fingerprint density at radius 2 is 1.88 bits per heavy atom. The lowest BCUT2D eigenvalue weighted by Crippen LogP contribution is -2.46. The van der Waals surface area contributed by atoms with Crippen molar-refractivity contribution in [3.8, 4) is 34.0 Å². The van der Waals surface area contributed by atoms with Crippen LogP contribution >= 0.6 is 0 Å². The van der Waals surface area contributed by atoms with E-state index < -0.39 is 0 Å². The van der Waals surface area contributed by atoms with Crippen LogP contribution in [0.25, 0.3) is 22.4 Å². The van der Waals surface area contributed by atoms with E-state index >= 15 is 0 Å². The molecular weight excluding hydrogens is 404 g/mol. The Hall–Kier alpha value is -3.26. The van der Waals surface area contributed by atoms with E-state index in [9.17, 15) is 5.11 Å². The summed E-state index contributed by atoms with van der Waals surface area (Å²) in [7, 11) is 3.73. The van der Waals surface area contributed by atoms with Crippen molar-refractivity contribution in [1.82, 2.24) is 25.3 Å². The molecule has 168 valence electrons. The third-order valence-corrected chi connectivity index (χ3v) is 6.19. The topological polar surface area (TPSA) is 87.5 Å². The van der Waals surface area contributed by atoms with E-state index in [0.717, 1.165) is 36.5 Å². The predicted molar refractivity (Wildman–Crippen MR) is 125 cm³/mol. The van der Waals surface area contributed by atoms with E-state index in [0.29, 0.717) is 23.2 Å². The first-order chi connectivity index (χ1) is 15.3. The maximum atomic E-state index is 10.6. The van der Waals surface area contributed by atoms with Gasteiger partial charge < -0.3 is 14.7 Å². The van der Waals surface area contributed by atoms with Crippen LogP contribution in [0, 0.1) is 0 Å². The van der Waals surface area contributed by atoms with Gasteiger partial charge in [-0.1, -0.05) is 6.07 Å². The van der Waals surface area contributed by atoms with E-state index in [1.165, 1.54) is 0 Å². The third kappa shape index (κ3) is 4.50. The van der Waals surface area contributed by atoms with Gasteiger partial charge in [0.25, 0.3) is 0 Å². The zero-order chi connectivity index (χ0) is 22.9. The summed E-state index contributed by atoms with van der Waals surface area (Å²) < 4.78 is 5.13. The molecule has 3 aromatic rings. The molecule has 1 atom stereocenters. The van der Waals surface area contributed by atoms with Crippen LogP contribution in [0.4, 0.5) is 5.82 Å². The molecule has 8 heteroatoms. The van der Waals surface area contributed by atoms with Crippen LogP contribution < -0.4 is 9.64 Å². The summed E-state index contributed by atoms with van der Waals surface area (Å²) in [6.45, 7) is 8.62. The van der Waals surface area contributed by atoms with Crippen LogP contribution in [-0.4, -0.2) is 69.2 Å². The van der Waals surface area contributed by atoms with E-state index in [1.807, 2.05) is 24.3 Å². The second-order valence-corrected chi connectivity index (χ2v) is 9.17. The second kappa shape index (κ2) is 8.70. The number of likely N-dealkylation sites (N-methyl/N-ethyl adjacent to an activating group) is 1. The number of phenols is 1. The Balaban J connectivity index is 1.50. The average Bonchev–Trinajstić information content (AvgIpc) is 3.28. The number of methoxy groups -OCH3 is 1. The van der Waals surface area contributed by atoms with Crippen molar-refractivity contribution < 1.29 is 9.84 Å². The van der Waals surface area contributed by atoms with Crippen LogP contribution in [0.15, 0.2) is 42.6 Å². The normalized spacial score (nSPS) is 16.6. The number of ether oxygens (including phenoxy) is 1. The molecule has 8 nitrogen and oxygen atoms in total. The Labute approximate surface area is 188 Å². The molecule has 4 rings (SSSR count). The highest BCUT2D eigenvalue weighted by Gasteiger charge is 2.31. The van der Waals surface area contributed by atoms with E-state index in [4.69, 9.17) is 4.74 Å². The number of nitrogens with zero attached hydrogens (tertiary/aromatic N) is 6. The van der Waals surface area contributed by atoms with Crippen molar-refractivity contribution >= 4 is 5.82 Å². The number of anilines is 1. The average molecular weight is 435 g/mol. The summed E-state index contributed by atoms with van der Waals surface area (Å²) in [5.74, 6) is 1.42. The molecule has 1 saturated heterocycles. The van der Waals surface area contributed by atoms with Crippen molar-refractivity contribution in [3.63, 3.8) is 0 Å². The number of benzene rings is 1. The molecule has 0 bridgehead atoms. The molecule has 3 heterocycles. The first-order valence-electron chi connectivity index (χ1n) is 10.8. The van der Waals surface area contributed by atoms with Crippen molar-refractivity contribution in [2.75, 3.05) is 32.1 Å². The van der Waals surface area contributed by atoms with Crippen molar-refractivity contribution in [2.45, 2.75) is 38.8 Å². The van der Waals surface area contributed by atoms with Crippen molar-refractivity contribution in [1.29, 1.82) is 0 Å². The highest BCUT2D eigenvalue weighted by molar-refractivity contribution is 5.74. The van der Waals surface area contributed by atoms with Gasteiger partial charge in [-0.2, -0.15) is 5.10 Å². The van der Waals surface area contributed by atoms with Gasteiger partial charge >= 0.3 is 0 Å². The first-order valence-corrected chi connectivity index (χ1v) is 10.8. The number of hydrogen-bond donors (Lipinski definition) is 1. The zero-order valence-electron chi connectivity index (χ0n) is 19.3. The fourth-order valence-electron chi connectivity index (χ4n) is 3.98. The molecule has 32 heavy (non-hydrogen) atoms. The first kappa shape index (κ1) is 22.0. The maximum absolute atomic E-state index is 10.6. The second-order valence-electron chi connectivity index (χ2n) is 9.17. The molecule has 1 aromatic carbocycles. The lowest BCUT2D eigenvalue weighted by molar-refractivity contribution is 0.127. The summed E-state index contributed by atoms with van der Waals surface area (Å²) in [5, 5.41) is 27.3. The predicted octanol–water partition coefficient (Wildman–Crippen LogP) is 3.62. The largest absolute Gasteiger partial charge is 0.507 e. The lowest BCUT2D eigenvalue weighted by Gasteiger charge is -2.36. The summed E-state index contributed by atoms with van der Waals surface area (Å²) >= 11 is 0. The Bertz CT molecular complexity index is 1080. The third-order valence-electron chi connectivity index (χ3n) is 6.19. The molecular formula is C24H30N6O2. The number of aromatic nitrogens is 4. The van der Waals surface area contributed by atoms with Gasteiger partial charge in [-0.3, -0.25) is 4.90 Å².